The third kappa shape index (κ3) is 6.45. The van der Waals surface area contributed by atoms with Crippen LogP contribution in [0.4, 0.5) is 5.69 Å². The molecule has 0 saturated carbocycles. The summed E-state index contributed by atoms with van der Waals surface area (Å²) in [7, 11) is -3.97. The van der Waals surface area contributed by atoms with Crippen LogP contribution in [0.3, 0.4) is 0 Å². The molecule has 0 aliphatic heterocycles. The zero-order chi connectivity index (χ0) is 16.4. The van der Waals surface area contributed by atoms with Crippen LogP contribution in [0, 0.1) is 10.1 Å². The van der Waals surface area contributed by atoms with Gasteiger partial charge in [-0.2, -0.15) is 8.42 Å². The molecule has 0 atom stereocenters. The Kier molecular flexibility index (Phi) is 7.91. The molecule has 0 aromatic heterocycles. The maximum Gasteiger partial charge on any atom is 0.297 e. The summed E-state index contributed by atoms with van der Waals surface area (Å²) in [6.07, 6.45) is 0. The molecule has 0 amide bonds. The zero-order valence-electron chi connectivity index (χ0n) is 11.7. The molecule has 1 aromatic rings. The predicted molar refractivity (Wildman–Crippen MR) is 75.0 cm³/mol. The Bertz CT molecular complexity index is 557. The first-order chi connectivity index (χ1) is 10.5. The van der Waals surface area contributed by atoms with Crippen molar-refractivity contribution in [3.05, 3.63) is 34.4 Å². The topological polar surface area (TPSA) is 125 Å². The van der Waals surface area contributed by atoms with Gasteiger partial charge >= 0.3 is 0 Å². The van der Waals surface area contributed by atoms with Gasteiger partial charge in [-0.1, -0.05) is 0 Å². The number of aliphatic hydroxyl groups excluding tert-OH is 1. The second kappa shape index (κ2) is 9.43. The van der Waals surface area contributed by atoms with Gasteiger partial charge in [0.05, 0.1) is 49.5 Å². The highest BCUT2D eigenvalue weighted by molar-refractivity contribution is 7.86. The first kappa shape index (κ1) is 18.5. The average Bonchev–Trinajstić information content (AvgIpc) is 2.50. The van der Waals surface area contributed by atoms with Crippen LogP contribution in [0.1, 0.15) is 0 Å². The molecule has 0 fully saturated rings. The molecule has 0 aliphatic rings. The summed E-state index contributed by atoms with van der Waals surface area (Å²) >= 11 is 0. The maximum atomic E-state index is 11.8. The van der Waals surface area contributed by atoms with Crippen LogP contribution in [0.15, 0.2) is 29.2 Å². The van der Waals surface area contributed by atoms with Crippen LogP contribution in [0.25, 0.3) is 0 Å². The lowest BCUT2D eigenvalue weighted by atomic mass is 10.3. The Labute approximate surface area is 127 Å². The van der Waals surface area contributed by atoms with Crippen molar-refractivity contribution < 1.29 is 32.1 Å². The van der Waals surface area contributed by atoms with Crippen LogP contribution in [0.5, 0.6) is 0 Å². The molecule has 0 saturated heterocycles. The van der Waals surface area contributed by atoms with Gasteiger partial charge in [0.1, 0.15) is 0 Å². The van der Waals surface area contributed by atoms with Gasteiger partial charge in [-0.15, -0.1) is 0 Å². The monoisotopic (exact) mass is 335 g/mol. The standard InChI is InChI=1S/C12H17NO8S/c14-5-6-19-7-8-20-9-10-21-22(17,18)12-3-1-11(2-4-12)13(15)16/h1-4,14H,5-10H2. The number of rotatable bonds is 11. The molecule has 124 valence electrons. The van der Waals surface area contributed by atoms with Crippen LogP contribution >= 0.6 is 0 Å². The number of hydrogen-bond donors (Lipinski definition) is 1. The molecule has 0 spiro atoms. The second-order valence-corrected chi connectivity index (χ2v) is 5.59. The fraction of sp³-hybridized carbons (Fsp3) is 0.500. The molecule has 1 rings (SSSR count). The number of nitro benzene ring substituents is 1. The minimum absolute atomic E-state index is 0.0503. The predicted octanol–water partition coefficient (Wildman–Crippen LogP) is 0.326. The van der Waals surface area contributed by atoms with E-state index in [4.69, 9.17) is 18.8 Å². The van der Waals surface area contributed by atoms with Gasteiger partial charge in [-0.05, 0) is 12.1 Å². The number of hydrogen-bond acceptors (Lipinski definition) is 8. The Hall–Kier alpha value is -1.59. The summed E-state index contributed by atoms with van der Waals surface area (Å²) in [5.74, 6) is 0. The summed E-state index contributed by atoms with van der Waals surface area (Å²) < 4.78 is 38.3. The molecule has 0 radical (unpaired) electrons. The van der Waals surface area contributed by atoms with E-state index < -0.39 is 15.0 Å². The van der Waals surface area contributed by atoms with Gasteiger partial charge in [0.2, 0.25) is 0 Å². The van der Waals surface area contributed by atoms with Crippen LogP contribution < -0.4 is 0 Å². The smallest absolute Gasteiger partial charge is 0.297 e. The van der Waals surface area contributed by atoms with E-state index in [-0.39, 0.29) is 50.2 Å². The number of nitro groups is 1. The molecule has 0 unspecified atom stereocenters. The quantitative estimate of drug-likeness (QED) is 0.265. The fourth-order valence-electron chi connectivity index (χ4n) is 1.39. The Morgan fingerprint density at radius 2 is 1.55 bits per heavy atom. The molecule has 10 heteroatoms. The molecule has 0 bridgehead atoms. The summed E-state index contributed by atoms with van der Waals surface area (Å²) in [5, 5.41) is 18.9. The lowest BCUT2D eigenvalue weighted by molar-refractivity contribution is -0.384. The minimum atomic E-state index is -3.97. The van der Waals surface area contributed by atoms with Gasteiger partial charge in [-0.3, -0.25) is 14.3 Å². The molecule has 1 aromatic carbocycles. The van der Waals surface area contributed by atoms with Gasteiger partial charge < -0.3 is 14.6 Å². The molecule has 0 aliphatic carbocycles. The van der Waals surface area contributed by atoms with E-state index in [0.717, 1.165) is 24.3 Å². The van der Waals surface area contributed by atoms with Crippen molar-refractivity contribution in [2.45, 2.75) is 4.90 Å². The number of nitrogens with zero attached hydrogens (tertiary/aromatic N) is 1. The van der Waals surface area contributed by atoms with E-state index >= 15 is 0 Å². The van der Waals surface area contributed by atoms with E-state index in [1.807, 2.05) is 0 Å². The van der Waals surface area contributed by atoms with Crippen molar-refractivity contribution in [2.75, 3.05) is 39.6 Å². The maximum absolute atomic E-state index is 11.8. The molecular weight excluding hydrogens is 318 g/mol. The van der Waals surface area contributed by atoms with Crippen LogP contribution in [0.2, 0.25) is 0 Å². The van der Waals surface area contributed by atoms with Crippen molar-refractivity contribution >= 4 is 15.8 Å². The van der Waals surface area contributed by atoms with Crippen molar-refractivity contribution in [3.63, 3.8) is 0 Å². The first-order valence-electron chi connectivity index (χ1n) is 6.37. The fourth-order valence-corrected chi connectivity index (χ4v) is 2.28. The molecule has 1 N–H and O–H groups in total. The molecule has 22 heavy (non-hydrogen) atoms. The van der Waals surface area contributed by atoms with Gasteiger partial charge in [0, 0.05) is 12.1 Å². The first-order valence-corrected chi connectivity index (χ1v) is 7.78. The lowest BCUT2D eigenvalue weighted by Crippen LogP contribution is -2.14. The average molecular weight is 335 g/mol. The van der Waals surface area contributed by atoms with E-state index in [1.165, 1.54) is 0 Å². The highest BCUT2D eigenvalue weighted by Crippen LogP contribution is 2.17. The summed E-state index contributed by atoms with van der Waals surface area (Å²) in [4.78, 5) is 9.70. The van der Waals surface area contributed by atoms with Crippen LogP contribution in [-0.4, -0.2) is 58.1 Å². The van der Waals surface area contributed by atoms with Crippen LogP contribution in [-0.2, 0) is 23.8 Å². The SMILES string of the molecule is O=[N+]([O-])c1ccc(S(=O)(=O)OCCOCCOCCO)cc1. The lowest BCUT2D eigenvalue weighted by Gasteiger charge is -2.07. The highest BCUT2D eigenvalue weighted by atomic mass is 32.2. The summed E-state index contributed by atoms with van der Waals surface area (Å²) in [6, 6.07) is 4.39. The second-order valence-electron chi connectivity index (χ2n) is 3.98. The normalized spacial score (nSPS) is 11.5. The Balaban J connectivity index is 2.33. The van der Waals surface area contributed by atoms with E-state index in [9.17, 15) is 18.5 Å². The Morgan fingerprint density at radius 3 is 2.09 bits per heavy atom. The van der Waals surface area contributed by atoms with Gasteiger partial charge in [-0.25, -0.2) is 0 Å². The molecular formula is C12H17NO8S. The van der Waals surface area contributed by atoms with Crippen molar-refractivity contribution in [1.82, 2.24) is 0 Å². The highest BCUT2D eigenvalue weighted by Gasteiger charge is 2.16. The van der Waals surface area contributed by atoms with Gasteiger partial charge in [0.25, 0.3) is 15.8 Å². The van der Waals surface area contributed by atoms with Crippen molar-refractivity contribution in [1.29, 1.82) is 0 Å². The zero-order valence-corrected chi connectivity index (χ0v) is 12.5. The molecule has 0 heterocycles. The number of aliphatic hydroxyl groups is 1. The third-order valence-electron chi connectivity index (χ3n) is 2.41. The largest absolute Gasteiger partial charge is 0.394 e. The number of non-ortho nitro benzene ring substituents is 1. The van der Waals surface area contributed by atoms with Gasteiger partial charge in [0.15, 0.2) is 0 Å². The number of ether oxygens (including phenoxy) is 2. The third-order valence-corrected chi connectivity index (χ3v) is 3.74. The Morgan fingerprint density at radius 1 is 1.00 bits per heavy atom. The summed E-state index contributed by atoms with van der Waals surface area (Å²) in [5.41, 5.74) is -0.204. The van der Waals surface area contributed by atoms with Crippen molar-refractivity contribution in [2.24, 2.45) is 0 Å². The minimum Gasteiger partial charge on any atom is -0.394 e. The molecule has 9 nitrogen and oxygen atoms in total. The summed E-state index contributed by atoms with van der Waals surface area (Å²) in [6.45, 7) is 0.551. The van der Waals surface area contributed by atoms with E-state index in [0.29, 0.717) is 0 Å². The number of benzene rings is 1. The van der Waals surface area contributed by atoms with Crippen molar-refractivity contribution in [3.8, 4) is 0 Å². The van der Waals surface area contributed by atoms with E-state index in [1.54, 1.807) is 0 Å². The van der Waals surface area contributed by atoms with E-state index in [2.05, 4.69) is 0 Å².